The number of aromatic nitrogens is 1. The molecule has 1 atom stereocenters. The highest BCUT2D eigenvalue weighted by molar-refractivity contribution is 5.87. The van der Waals surface area contributed by atoms with E-state index in [2.05, 4.69) is 21.1 Å². The van der Waals surface area contributed by atoms with Crippen molar-refractivity contribution < 1.29 is 9.53 Å². The van der Waals surface area contributed by atoms with Gasteiger partial charge in [0.2, 0.25) is 0 Å². The minimum absolute atomic E-state index is 0.140. The molecule has 1 rings (SSSR count). The summed E-state index contributed by atoms with van der Waals surface area (Å²) in [7, 11) is 1.34. The van der Waals surface area contributed by atoms with E-state index in [0.717, 1.165) is 5.56 Å². The molecular weight excluding hydrogens is 206 g/mol. The van der Waals surface area contributed by atoms with E-state index in [1.54, 1.807) is 12.3 Å². The van der Waals surface area contributed by atoms with E-state index in [-0.39, 0.29) is 12.0 Å². The van der Waals surface area contributed by atoms with Gasteiger partial charge < -0.3 is 15.0 Å². The van der Waals surface area contributed by atoms with Crippen LogP contribution in [-0.4, -0.2) is 24.1 Å². The lowest BCUT2D eigenvalue weighted by Gasteiger charge is -2.08. The molecule has 1 heterocycles. The van der Waals surface area contributed by atoms with Crippen LogP contribution in [0.1, 0.15) is 29.4 Å². The van der Waals surface area contributed by atoms with E-state index in [0.29, 0.717) is 18.7 Å². The molecule has 0 amide bonds. The summed E-state index contributed by atoms with van der Waals surface area (Å²) in [6.07, 6.45) is 2.21. The molecule has 0 spiro atoms. The van der Waals surface area contributed by atoms with Crippen molar-refractivity contribution in [2.45, 2.75) is 25.9 Å². The van der Waals surface area contributed by atoms with Gasteiger partial charge >= 0.3 is 5.97 Å². The molecule has 1 aromatic rings. The summed E-state index contributed by atoms with van der Waals surface area (Å²) in [6, 6.07) is 3.97. The monoisotopic (exact) mass is 221 g/mol. The van der Waals surface area contributed by atoms with Crippen LogP contribution in [0.5, 0.6) is 0 Å². The summed E-state index contributed by atoms with van der Waals surface area (Å²) in [5.74, 6) is -0.378. The van der Waals surface area contributed by atoms with Gasteiger partial charge in [0, 0.05) is 18.8 Å². The molecule has 86 valence electrons. The van der Waals surface area contributed by atoms with Gasteiger partial charge in [0.25, 0.3) is 0 Å². The van der Waals surface area contributed by atoms with Gasteiger partial charge in [0.05, 0.1) is 19.6 Å². The van der Waals surface area contributed by atoms with Gasteiger partial charge in [-0.05, 0) is 18.6 Å². The molecule has 1 unspecified atom stereocenters. The molecule has 0 aliphatic heterocycles. The normalized spacial score (nSPS) is 11.8. The van der Waals surface area contributed by atoms with E-state index >= 15 is 0 Å². The fourth-order valence-electron chi connectivity index (χ4n) is 1.27. The minimum Gasteiger partial charge on any atom is -0.464 e. The van der Waals surface area contributed by atoms with Crippen LogP contribution >= 0.6 is 0 Å². The third-order valence-electron chi connectivity index (χ3n) is 2.20. The first-order valence-electron chi connectivity index (χ1n) is 5.03. The van der Waals surface area contributed by atoms with Crippen LogP contribution in [0.2, 0.25) is 0 Å². The van der Waals surface area contributed by atoms with Crippen LogP contribution < -0.4 is 5.32 Å². The van der Waals surface area contributed by atoms with E-state index in [9.17, 15) is 4.79 Å². The Hall–Kier alpha value is -1.80. The van der Waals surface area contributed by atoms with Crippen molar-refractivity contribution in [2.24, 2.45) is 0 Å². The average molecular weight is 221 g/mol. The first-order chi connectivity index (χ1) is 7.67. The highest BCUT2D eigenvalue weighted by Crippen LogP contribution is 2.05. The molecule has 0 radical (unpaired) electrons. The zero-order chi connectivity index (χ0) is 12.0. The van der Waals surface area contributed by atoms with Crippen LogP contribution in [0.3, 0.4) is 0 Å². The quantitative estimate of drug-likeness (QED) is 0.732. The Kier molecular flexibility index (Phi) is 4.55. The van der Waals surface area contributed by atoms with Crippen molar-refractivity contribution >= 4 is 5.97 Å². The zero-order valence-electron chi connectivity index (χ0n) is 9.41. The maximum absolute atomic E-state index is 11.2. The number of hydrogen-bond acceptors (Lipinski definition) is 4. The number of carbonyl (C=O) groups excluding carboxylic acids is 1. The van der Waals surface area contributed by atoms with Gasteiger partial charge in [0.1, 0.15) is 5.69 Å². The van der Waals surface area contributed by atoms with Gasteiger partial charge in [-0.3, -0.25) is 0 Å². The highest BCUT2D eigenvalue weighted by atomic mass is 16.5. The number of rotatable bonds is 5. The molecule has 0 aromatic carbocycles. The molecule has 1 aromatic heterocycles. The Bertz CT molecular complexity index is 392. The van der Waals surface area contributed by atoms with Gasteiger partial charge in [0.15, 0.2) is 0 Å². The Balaban J connectivity index is 2.47. The summed E-state index contributed by atoms with van der Waals surface area (Å²) in [6.45, 7) is 2.56. The number of nitrogens with zero attached hydrogens (tertiary/aromatic N) is 1. The predicted octanol–water partition coefficient (Wildman–Crippen LogP) is 1.19. The van der Waals surface area contributed by atoms with Gasteiger partial charge in [-0.1, -0.05) is 0 Å². The van der Waals surface area contributed by atoms with Crippen LogP contribution in [0.4, 0.5) is 0 Å². The standard InChI is InChI=1S/C11H15N3O2/c1-8(3-4-12)13-6-9-5-10(14-7-9)11(15)16-2/h5,7-8,13-14H,3,6H2,1-2H3. The van der Waals surface area contributed by atoms with E-state index in [1.165, 1.54) is 7.11 Å². The first-order valence-corrected chi connectivity index (χ1v) is 5.03. The third-order valence-corrected chi connectivity index (χ3v) is 2.20. The zero-order valence-corrected chi connectivity index (χ0v) is 9.41. The summed E-state index contributed by atoms with van der Waals surface area (Å²) < 4.78 is 4.58. The molecule has 0 aliphatic rings. The number of hydrogen-bond donors (Lipinski definition) is 2. The van der Waals surface area contributed by atoms with Gasteiger partial charge in [-0.2, -0.15) is 5.26 Å². The molecule has 16 heavy (non-hydrogen) atoms. The Morgan fingerprint density at radius 1 is 1.75 bits per heavy atom. The van der Waals surface area contributed by atoms with E-state index < -0.39 is 0 Å². The minimum atomic E-state index is -0.378. The lowest BCUT2D eigenvalue weighted by atomic mass is 10.2. The number of H-pyrrole nitrogens is 1. The van der Waals surface area contributed by atoms with Crippen LogP contribution in [0, 0.1) is 11.3 Å². The predicted molar refractivity (Wildman–Crippen MR) is 58.7 cm³/mol. The molecule has 0 aliphatic carbocycles. The molecular formula is C11H15N3O2. The third kappa shape index (κ3) is 3.41. The molecule has 0 saturated carbocycles. The fourth-order valence-corrected chi connectivity index (χ4v) is 1.27. The van der Waals surface area contributed by atoms with E-state index in [4.69, 9.17) is 5.26 Å². The summed E-state index contributed by atoms with van der Waals surface area (Å²) >= 11 is 0. The number of aromatic amines is 1. The lowest BCUT2D eigenvalue weighted by molar-refractivity contribution is 0.0595. The maximum Gasteiger partial charge on any atom is 0.354 e. The second-order valence-electron chi connectivity index (χ2n) is 3.56. The van der Waals surface area contributed by atoms with Crippen molar-refractivity contribution in [3.63, 3.8) is 0 Å². The van der Waals surface area contributed by atoms with Crippen LogP contribution in [-0.2, 0) is 11.3 Å². The number of methoxy groups -OCH3 is 1. The highest BCUT2D eigenvalue weighted by Gasteiger charge is 2.08. The largest absolute Gasteiger partial charge is 0.464 e. The number of ether oxygens (including phenoxy) is 1. The number of esters is 1. The van der Waals surface area contributed by atoms with E-state index in [1.807, 2.05) is 6.92 Å². The Labute approximate surface area is 94.4 Å². The van der Waals surface area contributed by atoms with Crippen molar-refractivity contribution in [2.75, 3.05) is 7.11 Å². The molecule has 0 saturated heterocycles. The molecule has 0 bridgehead atoms. The molecule has 5 nitrogen and oxygen atoms in total. The number of carbonyl (C=O) groups is 1. The average Bonchev–Trinajstić information content (AvgIpc) is 2.74. The summed E-state index contributed by atoms with van der Waals surface area (Å²) in [4.78, 5) is 14.0. The summed E-state index contributed by atoms with van der Waals surface area (Å²) in [5.41, 5.74) is 1.40. The molecule has 0 fully saturated rings. The summed E-state index contributed by atoms with van der Waals surface area (Å²) in [5, 5.41) is 11.7. The van der Waals surface area contributed by atoms with Gasteiger partial charge in [-0.25, -0.2) is 4.79 Å². The SMILES string of the molecule is COC(=O)c1cc(CNC(C)CC#N)c[nH]1. The maximum atomic E-state index is 11.2. The number of nitrogens with one attached hydrogen (secondary N) is 2. The fraction of sp³-hybridized carbons (Fsp3) is 0.455. The number of nitriles is 1. The van der Waals surface area contributed by atoms with Crippen molar-refractivity contribution in [3.8, 4) is 6.07 Å². The van der Waals surface area contributed by atoms with Crippen LogP contribution in [0.15, 0.2) is 12.3 Å². The first kappa shape index (κ1) is 12.3. The Morgan fingerprint density at radius 2 is 2.50 bits per heavy atom. The lowest BCUT2D eigenvalue weighted by Crippen LogP contribution is -2.24. The van der Waals surface area contributed by atoms with Crippen molar-refractivity contribution in [3.05, 3.63) is 23.5 Å². The topological polar surface area (TPSA) is 77.9 Å². The van der Waals surface area contributed by atoms with Crippen molar-refractivity contribution in [1.82, 2.24) is 10.3 Å². The van der Waals surface area contributed by atoms with Gasteiger partial charge in [-0.15, -0.1) is 0 Å². The molecule has 2 N–H and O–H groups in total. The Morgan fingerprint density at radius 3 is 3.12 bits per heavy atom. The smallest absolute Gasteiger partial charge is 0.354 e. The molecule has 5 heteroatoms. The van der Waals surface area contributed by atoms with Crippen LogP contribution in [0.25, 0.3) is 0 Å². The second-order valence-corrected chi connectivity index (χ2v) is 3.56. The van der Waals surface area contributed by atoms with Crippen molar-refractivity contribution in [1.29, 1.82) is 5.26 Å². The second kappa shape index (κ2) is 5.93.